The zero-order valence-corrected chi connectivity index (χ0v) is 8.87. The maximum Gasteiger partial charge on any atom is 0.0178 e. The minimum absolute atomic E-state index is 0.610. The van der Waals surface area contributed by atoms with E-state index in [0.717, 1.165) is 12.8 Å². The first-order valence-corrected chi connectivity index (χ1v) is 5.21. The molecule has 0 radical (unpaired) electrons. The Morgan fingerprint density at radius 1 is 1.36 bits per heavy atom. The Kier molecular flexibility index (Phi) is 4.41. The van der Waals surface area contributed by atoms with E-state index in [-0.39, 0.29) is 0 Å². The highest BCUT2D eigenvalue weighted by Gasteiger charge is 2.06. The molecule has 2 N–H and O–H groups in total. The third-order valence-electron chi connectivity index (χ3n) is 2.63. The molecule has 0 saturated heterocycles. The van der Waals surface area contributed by atoms with Crippen LogP contribution in [0.15, 0.2) is 36.9 Å². The number of nitrogens with two attached hydrogens (primary N) is 1. The number of benzene rings is 1. The van der Waals surface area contributed by atoms with E-state index in [0.29, 0.717) is 12.5 Å². The third-order valence-corrected chi connectivity index (χ3v) is 2.63. The molecule has 1 aromatic carbocycles. The maximum absolute atomic E-state index is 5.55. The minimum Gasteiger partial charge on any atom is -0.326 e. The van der Waals surface area contributed by atoms with Crippen molar-refractivity contribution in [2.24, 2.45) is 5.73 Å². The summed E-state index contributed by atoms with van der Waals surface area (Å²) in [4.78, 5) is 0. The van der Waals surface area contributed by atoms with Crippen LogP contribution >= 0.6 is 0 Å². The molecule has 0 aliphatic rings. The standard InChI is InChI=1S/C13H19N/c1-3-5-12(4-2)13-8-6-11(10-14)7-9-13/h3,6-9,12H,1,4-5,10,14H2,2H3. The van der Waals surface area contributed by atoms with Gasteiger partial charge >= 0.3 is 0 Å². The monoisotopic (exact) mass is 189 g/mol. The van der Waals surface area contributed by atoms with Gasteiger partial charge in [0.1, 0.15) is 0 Å². The van der Waals surface area contributed by atoms with Gasteiger partial charge in [0.2, 0.25) is 0 Å². The van der Waals surface area contributed by atoms with E-state index in [4.69, 9.17) is 5.73 Å². The number of rotatable bonds is 5. The highest BCUT2D eigenvalue weighted by molar-refractivity contribution is 5.25. The van der Waals surface area contributed by atoms with Crippen molar-refractivity contribution in [1.82, 2.24) is 0 Å². The molecule has 1 unspecified atom stereocenters. The summed E-state index contributed by atoms with van der Waals surface area (Å²) < 4.78 is 0. The molecule has 0 amide bonds. The van der Waals surface area contributed by atoms with Crippen LogP contribution in [0.2, 0.25) is 0 Å². The van der Waals surface area contributed by atoms with Gasteiger partial charge in [0.15, 0.2) is 0 Å². The Hall–Kier alpha value is -1.08. The van der Waals surface area contributed by atoms with Crippen molar-refractivity contribution >= 4 is 0 Å². The van der Waals surface area contributed by atoms with E-state index in [9.17, 15) is 0 Å². The second-order valence-electron chi connectivity index (χ2n) is 3.58. The lowest BCUT2D eigenvalue weighted by Crippen LogP contribution is -1.99. The molecule has 0 fully saturated rings. The Bertz CT molecular complexity index is 274. The number of hydrogen-bond donors (Lipinski definition) is 1. The van der Waals surface area contributed by atoms with Gasteiger partial charge in [-0.2, -0.15) is 0 Å². The van der Waals surface area contributed by atoms with Crippen LogP contribution in [0, 0.1) is 0 Å². The summed E-state index contributed by atoms with van der Waals surface area (Å²) in [6.45, 7) is 6.62. The molecule has 0 aromatic heterocycles. The first kappa shape index (κ1) is 11.0. The summed E-state index contributed by atoms with van der Waals surface area (Å²) >= 11 is 0. The van der Waals surface area contributed by atoms with E-state index >= 15 is 0 Å². The summed E-state index contributed by atoms with van der Waals surface area (Å²) in [5, 5.41) is 0. The molecule has 0 spiro atoms. The molecule has 1 heteroatoms. The molecular formula is C13H19N. The number of hydrogen-bond acceptors (Lipinski definition) is 1. The van der Waals surface area contributed by atoms with E-state index in [1.165, 1.54) is 11.1 Å². The van der Waals surface area contributed by atoms with E-state index < -0.39 is 0 Å². The van der Waals surface area contributed by atoms with Crippen LogP contribution in [-0.2, 0) is 6.54 Å². The Balaban J connectivity index is 2.77. The third kappa shape index (κ3) is 2.71. The van der Waals surface area contributed by atoms with Crippen LogP contribution in [0.1, 0.15) is 36.8 Å². The SMILES string of the molecule is C=CCC(CC)c1ccc(CN)cc1. The molecule has 0 aliphatic heterocycles. The zero-order chi connectivity index (χ0) is 10.4. The lowest BCUT2D eigenvalue weighted by molar-refractivity contribution is 0.675. The summed E-state index contributed by atoms with van der Waals surface area (Å²) in [7, 11) is 0. The number of allylic oxidation sites excluding steroid dienone is 1. The molecule has 1 nitrogen and oxygen atoms in total. The predicted octanol–water partition coefficient (Wildman–Crippen LogP) is 3.22. The largest absolute Gasteiger partial charge is 0.326 e. The average Bonchev–Trinajstić information content (AvgIpc) is 2.26. The maximum atomic E-state index is 5.55. The lowest BCUT2D eigenvalue weighted by Gasteiger charge is -2.13. The normalized spacial score (nSPS) is 12.4. The summed E-state index contributed by atoms with van der Waals surface area (Å²) in [5.74, 6) is 0.610. The predicted molar refractivity (Wildman–Crippen MR) is 62.2 cm³/mol. The minimum atomic E-state index is 0.610. The molecule has 0 saturated carbocycles. The van der Waals surface area contributed by atoms with Crippen LogP contribution < -0.4 is 5.73 Å². The van der Waals surface area contributed by atoms with Gasteiger partial charge in [-0.05, 0) is 29.9 Å². The molecule has 1 rings (SSSR count). The topological polar surface area (TPSA) is 26.0 Å². The molecule has 0 heterocycles. The van der Waals surface area contributed by atoms with Crippen molar-refractivity contribution in [2.45, 2.75) is 32.2 Å². The Morgan fingerprint density at radius 2 is 2.00 bits per heavy atom. The fourth-order valence-electron chi connectivity index (χ4n) is 1.67. The Labute approximate surface area is 86.6 Å². The second kappa shape index (κ2) is 5.61. The molecule has 0 bridgehead atoms. The van der Waals surface area contributed by atoms with Crippen molar-refractivity contribution in [3.63, 3.8) is 0 Å². The van der Waals surface area contributed by atoms with Gasteiger partial charge in [0.05, 0.1) is 0 Å². The van der Waals surface area contributed by atoms with E-state index in [2.05, 4.69) is 37.8 Å². The fraction of sp³-hybridized carbons (Fsp3) is 0.385. The van der Waals surface area contributed by atoms with Crippen molar-refractivity contribution in [3.8, 4) is 0 Å². The molecule has 1 atom stereocenters. The summed E-state index contributed by atoms with van der Waals surface area (Å²) in [6, 6.07) is 8.59. The van der Waals surface area contributed by atoms with E-state index in [1.807, 2.05) is 6.08 Å². The van der Waals surface area contributed by atoms with Gasteiger partial charge in [0, 0.05) is 6.54 Å². The summed E-state index contributed by atoms with van der Waals surface area (Å²) in [6.07, 6.45) is 4.21. The van der Waals surface area contributed by atoms with Crippen LogP contribution in [0.3, 0.4) is 0 Å². The van der Waals surface area contributed by atoms with Crippen LogP contribution in [0.4, 0.5) is 0 Å². The van der Waals surface area contributed by atoms with E-state index in [1.54, 1.807) is 0 Å². The van der Waals surface area contributed by atoms with Crippen LogP contribution in [0.5, 0.6) is 0 Å². The highest BCUT2D eigenvalue weighted by Crippen LogP contribution is 2.23. The molecule has 14 heavy (non-hydrogen) atoms. The molecule has 76 valence electrons. The van der Waals surface area contributed by atoms with Gasteiger partial charge in [0.25, 0.3) is 0 Å². The van der Waals surface area contributed by atoms with Gasteiger partial charge in [-0.25, -0.2) is 0 Å². The van der Waals surface area contributed by atoms with Crippen molar-refractivity contribution in [3.05, 3.63) is 48.0 Å². The molecule has 0 aliphatic carbocycles. The molecule has 1 aromatic rings. The quantitative estimate of drug-likeness (QED) is 0.707. The fourth-order valence-corrected chi connectivity index (χ4v) is 1.67. The highest BCUT2D eigenvalue weighted by atomic mass is 14.5. The second-order valence-corrected chi connectivity index (χ2v) is 3.58. The van der Waals surface area contributed by atoms with Crippen molar-refractivity contribution in [2.75, 3.05) is 0 Å². The summed E-state index contributed by atoms with van der Waals surface area (Å²) in [5.41, 5.74) is 8.14. The smallest absolute Gasteiger partial charge is 0.0178 e. The van der Waals surface area contributed by atoms with Crippen LogP contribution in [-0.4, -0.2) is 0 Å². The first-order valence-electron chi connectivity index (χ1n) is 5.21. The van der Waals surface area contributed by atoms with Gasteiger partial charge < -0.3 is 5.73 Å². The van der Waals surface area contributed by atoms with Crippen molar-refractivity contribution in [1.29, 1.82) is 0 Å². The van der Waals surface area contributed by atoms with Gasteiger partial charge in [-0.1, -0.05) is 37.3 Å². The lowest BCUT2D eigenvalue weighted by atomic mass is 9.93. The molecular weight excluding hydrogens is 170 g/mol. The van der Waals surface area contributed by atoms with Crippen molar-refractivity contribution < 1.29 is 0 Å². The van der Waals surface area contributed by atoms with Crippen LogP contribution in [0.25, 0.3) is 0 Å². The first-order chi connectivity index (χ1) is 6.81. The zero-order valence-electron chi connectivity index (χ0n) is 8.87. The average molecular weight is 189 g/mol. The van der Waals surface area contributed by atoms with Gasteiger partial charge in [-0.3, -0.25) is 0 Å². The Morgan fingerprint density at radius 3 is 2.43 bits per heavy atom. The van der Waals surface area contributed by atoms with Gasteiger partial charge in [-0.15, -0.1) is 6.58 Å².